The van der Waals surface area contributed by atoms with Crippen molar-refractivity contribution in [2.75, 3.05) is 19.0 Å². The normalized spacial score (nSPS) is 16.7. The first-order valence-corrected chi connectivity index (χ1v) is 6.48. The molecular formula is C13H18N4O4. The van der Waals surface area contributed by atoms with Gasteiger partial charge in [-0.25, -0.2) is 19.6 Å². The van der Waals surface area contributed by atoms with E-state index in [1.165, 1.54) is 13.4 Å². The molecule has 21 heavy (non-hydrogen) atoms. The SMILES string of the molecule is COC(=O)c1ncnc2c1NCC2NC(=O)OC(C)(C)C. The van der Waals surface area contributed by atoms with Crippen LogP contribution < -0.4 is 10.6 Å². The number of carbonyl (C=O) groups is 2. The van der Waals surface area contributed by atoms with Gasteiger partial charge in [0, 0.05) is 6.54 Å². The lowest BCUT2D eigenvalue weighted by molar-refractivity contribution is 0.0506. The van der Waals surface area contributed by atoms with Crippen LogP contribution in [0.3, 0.4) is 0 Å². The van der Waals surface area contributed by atoms with E-state index in [4.69, 9.17) is 4.74 Å². The van der Waals surface area contributed by atoms with E-state index in [1.807, 2.05) is 0 Å². The number of nitrogens with one attached hydrogen (secondary N) is 2. The van der Waals surface area contributed by atoms with Crippen molar-refractivity contribution < 1.29 is 19.1 Å². The minimum Gasteiger partial charge on any atom is -0.464 e. The van der Waals surface area contributed by atoms with E-state index in [1.54, 1.807) is 20.8 Å². The Hall–Kier alpha value is -2.38. The van der Waals surface area contributed by atoms with Gasteiger partial charge in [-0.15, -0.1) is 0 Å². The fourth-order valence-electron chi connectivity index (χ4n) is 1.96. The Morgan fingerprint density at radius 1 is 1.38 bits per heavy atom. The summed E-state index contributed by atoms with van der Waals surface area (Å²) < 4.78 is 9.86. The van der Waals surface area contributed by atoms with Crippen LogP contribution in [0.15, 0.2) is 6.33 Å². The lowest BCUT2D eigenvalue weighted by atomic mass is 10.2. The minimum atomic E-state index is -0.582. The number of methoxy groups -OCH3 is 1. The van der Waals surface area contributed by atoms with Crippen LogP contribution in [0.5, 0.6) is 0 Å². The molecule has 1 aliphatic heterocycles. The quantitative estimate of drug-likeness (QED) is 0.791. The third kappa shape index (κ3) is 3.39. The zero-order valence-corrected chi connectivity index (χ0v) is 12.4. The molecule has 8 nitrogen and oxygen atoms in total. The van der Waals surface area contributed by atoms with Crippen LogP contribution >= 0.6 is 0 Å². The molecule has 0 saturated heterocycles. The molecule has 0 saturated carbocycles. The van der Waals surface area contributed by atoms with Crippen LogP contribution in [0, 0.1) is 0 Å². The summed E-state index contributed by atoms with van der Waals surface area (Å²) in [4.78, 5) is 31.4. The van der Waals surface area contributed by atoms with Crippen molar-refractivity contribution in [1.82, 2.24) is 15.3 Å². The summed E-state index contributed by atoms with van der Waals surface area (Å²) in [5.41, 5.74) is 0.583. The first-order chi connectivity index (χ1) is 9.81. The molecule has 0 radical (unpaired) electrons. The van der Waals surface area contributed by atoms with Gasteiger partial charge < -0.3 is 20.1 Å². The molecule has 0 spiro atoms. The topological polar surface area (TPSA) is 102 Å². The van der Waals surface area contributed by atoms with E-state index < -0.39 is 17.7 Å². The van der Waals surface area contributed by atoms with Crippen molar-refractivity contribution in [3.05, 3.63) is 17.7 Å². The number of hydrogen-bond donors (Lipinski definition) is 2. The van der Waals surface area contributed by atoms with Crippen LogP contribution in [-0.2, 0) is 9.47 Å². The molecule has 2 N–H and O–H groups in total. The van der Waals surface area contributed by atoms with E-state index in [-0.39, 0.29) is 11.7 Å². The number of amides is 1. The number of carbonyl (C=O) groups excluding carboxylic acids is 2. The zero-order valence-electron chi connectivity index (χ0n) is 12.4. The molecule has 0 bridgehead atoms. The van der Waals surface area contributed by atoms with E-state index >= 15 is 0 Å². The second-order valence-electron chi connectivity index (χ2n) is 5.55. The van der Waals surface area contributed by atoms with Gasteiger partial charge in [-0.2, -0.15) is 0 Å². The Bertz CT molecular complexity index is 568. The van der Waals surface area contributed by atoms with Crippen LogP contribution in [-0.4, -0.2) is 41.3 Å². The van der Waals surface area contributed by atoms with E-state index in [2.05, 4.69) is 25.3 Å². The Kier molecular flexibility index (Phi) is 3.97. The fraction of sp³-hybridized carbons (Fsp3) is 0.538. The second kappa shape index (κ2) is 5.55. The Morgan fingerprint density at radius 2 is 2.10 bits per heavy atom. The molecule has 0 fully saturated rings. The second-order valence-corrected chi connectivity index (χ2v) is 5.55. The molecule has 114 valence electrons. The molecule has 1 atom stereocenters. The zero-order chi connectivity index (χ0) is 15.6. The molecule has 8 heteroatoms. The van der Waals surface area contributed by atoms with Gasteiger partial charge in [0.25, 0.3) is 0 Å². The predicted molar refractivity (Wildman–Crippen MR) is 74.0 cm³/mol. The van der Waals surface area contributed by atoms with Crippen LogP contribution in [0.1, 0.15) is 43.0 Å². The summed E-state index contributed by atoms with van der Waals surface area (Å²) in [6.07, 6.45) is 0.724. The van der Waals surface area contributed by atoms with Crippen molar-refractivity contribution in [3.8, 4) is 0 Å². The minimum absolute atomic E-state index is 0.149. The predicted octanol–water partition coefficient (Wildman–Crippen LogP) is 1.25. The third-order valence-corrected chi connectivity index (χ3v) is 2.76. The average molecular weight is 294 g/mol. The van der Waals surface area contributed by atoms with Crippen LogP contribution in [0.4, 0.5) is 10.5 Å². The van der Waals surface area contributed by atoms with Crippen molar-refractivity contribution in [2.24, 2.45) is 0 Å². The van der Waals surface area contributed by atoms with Gasteiger partial charge in [0.1, 0.15) is 11.9 Å². The van der Waals surface area contributed by atoms with E-state index in [0.717, 1.165) is 0 Å². The first-order valence-electron chi connectivity index (χ1n) is 6.48. The monoisotopic (exact) mass is 294 g/mol. The van der Waals surface area contributed by atoms with E-state index in [9.17, 15) is 9.59 Å². The van der Waals surface area contributed by atoms with Gasteiger partial charge in [-0.3, -0.25) is 0 Å². The number of ether oxygens (including phenoxy) is 2. The average Bonchev–Trinajstić information content (AvgIpc) is 2.79. The standard InChI is InChI=1S/C13H18N4O4/c1-13(2,3)21-12(19)17-7-5-14-9-8(7)15-6-16-10(9)11(18)20-4/h6-7,14H,5H2,1-4H3,(H,17,19). The molecule has 2 rings (SSSR count). The summed E-state index contributed by atoms with van der Waals surface area (Å²) in [7, 11) is 1.28. The summed E-state index contributed by atoms with van der Waals surface area (Å²) in [5, 5.41) is 5.72. The summed E-state index contributed by atoms with van der Waals surface area (Å²) >= 11 is 0. The summed E-state index contributed by atoms with van der Waals surface area (Å²) in [5.74, 6) is -0.556. The summed E-state index contributed by atoms with van der Waals surface area (Å²) in [6.45, 7) is 5.75. The molecule has 1 unspecified atom stereocenters. The lowest BCUT2D eigenvalue weighted by Gasteiger charge is -2.21. The van der Waals surface area contributed by atoms with Crippen molar-refractivity contribution in [1.29, 1.82) is 0 Å². The number of nitrogens with zero attached hydrogens (tertiary/aromatic N) is 2. The van der Waals surface area contributed by atoms with Crippen LogP contribution in [0.25, 0.3) is 0 Å². The number of aromatic nitrogens is 2. The highest BCUT2D eigenvalue weighted by atomic mass is 16.6. The van der Waals surface area contributed by atoms with Crippen molar-refractivity contribution in [2.45, 2.75) is 32.4 Å². The molecule has 2 heterocycles. The lowest BCUT2D eigenvalue weighted by Crippen LogP contribution is -2.35. The van der Waals surface area contributed by atoms with E-state index in [0.29, 0.717) is 17.9 Å². The van der Waals surface area contributed by atoms with Crippen molar-refractivity contribution >= 4 is 17.7 Å². The fourth-order valence-corrected chi connectivity index (χ4v) is 1.96. The smallest absolute Gasteiger partial charge is 0.408 e. The molecule has 0 aromatic carbocycles. The largest absolute Gasteiger partial charge is 0.464 e. The maximum atomic E-state index is 11.8. The van der Waals surface area contributed by atoms with Gasteiger partial charge >= 0.3 is 12.1 Å². The number of fused-ring (bicyclic) bond motifs is 1. The molecular weight excluding hydrogens is 276 g/mol. The molecule has 1 amide bonds. The number of hydrogen-bond acceptors (Lipinski definition) is 7. The number of esters is 1. The van der Waals surface area contributed by atoms with Gasteiger partial charge in [-0.1, -0.05) is 0 Å². The van der Waals surface area contributed by atoms with Gasteiger partial charge in [0.15, 0.2) is 5.69 Å². The number of rotatable bonds is 2. The molecule has 1 aliphatic rings. The summed E-state index contributed by atoms with van der Waals surface area (Å²) in [6, 6.07) is -0.388. The number of anilines is 1. The number of alkyl carbamates (subject to hydrolysis) is 1. The Morgan fingerprint density at radius 3 is 2.71 bits per heavy atom. The molecule has 0 aliphatic carbocycles. The highest BCUT2D eigenvalue weighted by Crippen LogP contribution is 2.30. The van der Waals surface area contributed by atoms with Gasteiger partial charge in [0.2, 0.25) is 0 Å². The van der Waals surface area contributed by atoms with Gasteiger partial charge in [-0.05, 0) is 20.8 Å². The highest BCUT2D eigenvalue weighted by Gasteiger charge is 2.31. The van der Waals surface area contributed by atoms with Crippen LogP contribution in [0.2, 0.25) is 0 Å². The molecule has 1 aromatic rings. The highest BCUT2D eigenvalue weighted by molar-refractivity contribution is 5.94. The first kappa shape index (κ1) is 15.0. The maximum absolute atomic E-state index is 11.8. The Labute approximate surface area is 122 Å². The third-order valence-electron chi connectivity index (χ3n) is 2.76. The molecule has 1 aromatic heterocycles. The Balaban J connectivity index is 2.16. The van der Waals surface area contributed by atoms with Gasteiger partial charge in [0.05, 0.1) is 24.5 Å². The maximum Gasteiger partial charge on any atom is 0.408 e. The van der Waals surface area contributed by atoms with Crippen molar-refractivity contribution in [3.63, 3.8) is 0 Å².